The van der Waals surface area contributed by atoms with Gasteiger partial charge in [0.2, 0.25) is 5.91 Å². The Hall–Kier alpha value is -3.48. The summed E-state index contributed by atoms with van der Waals surface area (Å²) >= 11 is 0. The number of amides is 2. The smallest absolute Gasteiger partial charge is 0.251 e. The fraction of sp³-hybridized carbons (Fsp3) is 0.105. The maximum absolute atomic E-state index is 13.2. The summed E-state index contributed by atoms with van der Waals surface area (Å²) in [4.78, 5) is 38.2. The fourth-order valence-corrected chi connectivity index (χ4v) is 2.67. The summed E-state index contributed by atoms with van der Waals surface area (Å²) in [6.07, 6.45) is 0.246. The number of para-hydroxylation sites is 1. The van der Waals surface area contributed by atoms with Crippen LogP contribution in [0, 0.1) is 5.82 Å². The standard InChI is InChI=1S/C19H16FN3O3/c20-13-7-5-11-9-12(19(26)23-16(11)10-13)6-8-17(24)22-15-4-2-1-3-14(15)18(21)25/h1-5,7,9-10H,6,8H2,(H2,21,25)(H,22,24)(H,23,26). The zero-order chi connectivity index (χ0) is 18.7. The van der Waals surface area contributed by atoms with E-state index in [2.05, 4.69) is 10.3 Å². The number of H-pyrrole nitrogens is 1. The molecule has 0 bridgehead atoms. The van der Waals surface area contributed by atoms with Crippen LogP contribution in [0.1, 0.15) is 22.3 Å². The van der Waals surface area contributed by atoms with E-state index in [-0.39, 0.29) is 29.9 Å². The van der Waals surface area contributed by atoms with Crippen molar-refractivity contribution in [2.24, 2.45) is 5.73 Å². The number of hydrogen-bond acceptors (Lipinski definition) is 3. The number of benzene rings is 2. The van der Waals surface area contributed by atoms with Crippen LogP contribution in [0.4, 0.5) is 10.1 Å². The van der Waals surface area contributed by atoms with Crippen molar-refractivity contribution >= 4 is 28.4 Å². The molecule has 0 fully saturated rings. The van der Waals surface area contributed by atoms with Crippen LogP contribution in [-0.4, -0.2) is 16.8 Å². The molecule has 7 heteroatoms. The summed E-state index contributed by atoms with van der Waals surface area (Å²) < 4.78 is 13.2. The average molecular weight is 353 g/mol. The zero-order valence-electron chi connectivity index (χ0n) is 13.7. The van der Waals surface area contributed by atoms with Crippen molar-refractivity contribution in [1.29, 1.82) is 0 Å². The van der Waals surface area contributed by atoms with Gasteiger partial charge in [-0.15, -0.1) is 0 Å². The molecule has 0 atom stereocenters. The van der Waals surface area contributed by atoms with Gasteiger partial charge in [0, 0.05) is 12.0 Å². The number of hydrogen-bond donors (Lipinski definition) is 3. The number of nitrogens with two attached hydrogens (primary N) is 1. The lowest BCUT2D eigenvalue weighted by Gasteiger charge is -2.09. The first-order chi connectivity index (χ1) is 12.4. The number of carbonyl (C=O) groups is 2. The maximum atomic E-state index is 13.2. The number of nitrogens with one attached hydrogen (secondary N) is 2. The van der Waals surface area contributed by atoms with Crippen molar-refractivity contribution in [2.75, 3.05) is 5.32 Å². The van der Waals surface area contributed by atoms with E-state index in [0.29, 0.717) is 22.2 Å². The SMILES string of the molecule is NC(=O)c1ccccc1NC(=O)CCc1cc2ccc(F)cc2[nH]c1=O. The molecule has 6 nitrogen and oxygen atoms in total. The van der Waals surface area contributed by atoms with Gasteiger partial charge in [0.05, 0.1) is 16.8 Å². The Morgan fingerprint density at radius 1 is 1.12 bits per heavy atom. The highest BCUT2D eigenvalue weighted by atomic mass is 19.1. The normalized spacial score (nSPS) is 10.7. The number of rotatable bonds is 5. The molecule has 0 spiro atoms. The summed E-state index contributed by atoms with van der Waals surface area (Å²) in [5.41, 5.74) is 6.27. The molecule has 2 amide bonds. The largest absolute Gasteiger partial charge is 0.366 e. The van der Waals surface area contributed by atoms with Gasteiger partial charge in [0.25, 0.3) is 11.5 Å². The molecular formula is C19H16FN3O3. The molecule has 0 unspecified atom stereocenters. The number of carbonyl (C=O) groups excluding carboxylic acids is 2. The summed E-state index contributed by atoms with van der Waals surface area (Å²) in [6.45, 7) is 0. The number of halogens is 1. The van der Waals surface area contributed by atoms with Gasteiger partial charge in [-0.05, 0) is 48.2 Å². The summed E-state index contributed by atoms with van der Waals surface area (Å²) in [5, 5.41) is 3.31. The Morgan fingerprint density at radius 2 is 1.88 bits per heavy atom. The van der Waals surface area contributed by atoms with E-state index in [4.69, 9.17) is 5.73 Å². The van der Waals surface area contributed by atoms with E-state index in [1.54, 1.807) is 30.3 Å². The molecule has 0 aliphatic carbocycles. The number of primary amides is 1. The Balaban J connectivity index is 1.73. The van der Waals surface area contributed by atoms with E-state index >= 15 is 0 Å². The van der Waals surface area contributed by atoms with Gasteiger partial charge in [-0.25, -0.2) is 4.39 Å². The number of aryl methyl sites for hydroxylation is 1. The van der Waals surface area contributed by atoms with Crippen molar-refractivity contribution in [3.05, 3.63) is 75.8 Å². The second kappa shape index (κ2) is 7.18. The molecule has 2 aromatic carbocycles. The topological polar surface area (TPSA) is 105 Å². The van der Waals surface area contributed by atoms with Gasteiger partial charge >= 0.3 is 0 Å². The molecule has 0 saturated carbocycles. The Morgan fingerprint density at radius 3 is 2.65 bits per heavy atom. The van der Waals surface area contributed by atoms with Crippen molar-refractivity contribution in [3.8, 4) is 0 Å². The third-order valence-electron chi connectivity index (χ3n) is 3.97. The van der Waals surface area contributed by atoms with E-state index in [1.807, 2.05) is 0 Å². The Kier molecular flexibility index (Phi) is 4.79. The highest BCUT2D eigenvalue weighted by Crippen LogP contribution is 2.16. The van der Waals surface area contributed by atoms with Gasteiger partial charge in [0.15, 0.2) is 0 Å². The first-order valence-electron chi connectivity index (χ1n) is 7.94. The van der Waals surface area contributed by atoms with Crippen LogP contribution in [0.5, 0.6) is 0 Å². The highest BCUT2D eigenvalue weighted by molar-refractivity contribution is 6.03. The van der Waals surface area contributed by atoms with Crippen LogP contribution in [0.15, 0.2) is 53.3 Å². The number of fused-ring (bicyclic) bond motifs is 1. The third kappa shape index (κ3) is 3.77. The number of aromatic amines is 1. The first kappa shape index (κ1) is 17.3. The van der Waals surface area contributed by atoms with E-state index in [0.717, 1.165) is 0 Å². The van der Waals surface area contributed by atoms with E-state index in [1.165, 1.54) is 18.2 Å². The zero-order valence-corrected chi connectivity index (χ0v) is 13.7. The molecule has 26 heavy (non-hydrogen) atoms. The fourth-order valence-electron chi connectivity index (χ4n) is 2.67. The maximum Gasteiger partial charge on any atom is 0.251 e. The summed E-state index contributed by atoms with van der Waals surface area (Å²) in [6, 6.07) is 12.2. The summed E-state index contributed by atoms with van der Waals surface area (Å²) in [5.74, 6) is -1.43. The highest BCUT2D eigenvalue weighted by Gasteiger charge is 2.11. The van der Waals surface area contributed by atoms with Crippen molar-refractivity contribution < 1.29 is 14.0 Å². The van der Waals surface area contributed by atoms with Crippen LogP contribution in [-0.2, 0) is 11.2 Å². The molecule has 1 heterocycles. The molecule has 3 aromatic rings. The quantitative estimate of drug-likeness (QED) is 0.655. The number of aromatic nitrogens is 1. The van der Waals surface area contributed by atoms with Crippen LogP contribution in [0.25, 0.3) is 10.9 Å². The van der Waals surface area contributed by atoms with Crippen molar-refractivity contribution in [3.63, 3.8) is 0 Å². The lowest BCUT2D eigenvalue weighted by Crippen LogP contribution is -2.20. The minimum absolute atomic E-state index is 0.0445. The predicted molar refractivity (Wildman–Crippen MR) is 96.4 cm³/mol. The molecule has 0 aliphatic rings. The van der Waals surface area contributed by atoms with Crippen molar-refractivity contribution in [1.82, 2.24) is 4.98 Å². The lowest BCUT2D eigenvalue weighted by molar-refractivity contribution is -0.116. The van der Waals surface area contributed by atoms with Crippen LogP contribution < -0.4 is 16.6 Å². The molecule has 3 rings (SSSR count). The van der Waals surface area contributed by atoms with Gasteiger partial charge in [-0.3, -0.25) is 14.4 Å². The average Bonchev–Trinajstić information content (AvgIpc) is 2.60. The van der Waals surface area contributed by atoms with Gasteiger partial charge in [-0.2, -0.15) is 0 Å². The first-order valence-corrected chi connectivity index (χ1v) is 7.94. The minimum Gasteiger partial charge on any atom is -0.366 e. The summed E-state index contributed by atoms with van der Waals surface area (Å²) in [7, 11) is 0. The molecule has 1 aromatic heterocycles. The van der Waals surface area contributed by atoms with Crippen LogP contribution in [0.3, 0.4) is 0 Å². The molecule has 0 radical (unpaired) electrons. The Bertz CT molecular complexity index is 1060. The van der Waals surface area contributed by atoms with Crippen LogP contribution in [0.2, 0.25) is 0 Å². The van der Waals surface area contributed by atoms with Gasteiger partial charge < -0.3 is 16.0 Å². The second-order valence-electron chi connectivity index (χ2n) is 5.81. The third-order valence-corrected chi connectivity index (χ3v) is 3.97. The predicted octanol–water partition coefficient (Wildman–Crippen LogP) is 2.34. The molecular weight excluding hydrogens is 337 g/mol. The van der Waals surface area contributed by atoms with Crippen LogP contribution >= 0.6 is 0 Å². The van der Waals surface area contributed by atoms with E-state index < -0.39 is 11.7 Å². The number of pyridine rings is 1. The molecule has 132 valence electrons. The molecule has 4 N–H and O–H groups in total. The monoisotopic (exact) mass is 353 g/mol. The molecule has 0 saturated heterocycles. The molecule has 0 aliphatic heterocycles. The van der Waals surface area contributed by atoms with Gasteiger partial charge in [0.1, 0.15) is 5.82 Å². The number of anilines is 1. The lowest BCUT2D eigenvalue weighted by atomic mass is 10.1. The Labute approximate surface area is 147 Å². The second-order valence-corrected chi connectivity index (χ2v) is 5.81. The van der Waals surface area contributed by atoms with E-state index in [9.17, 15) is 18.8 Å². The van der Waals surface area contributed by atoms with Gasteiger partial charge in [-0.1, -0.05) is 12.1 Å². The van der Waals surface area contributed by atoms with Crippen molar-refractivity contribution in [2.45, 2.75) is 12.8 Å². The minimum atomic E-state index is -0.640.